The molecule has 5 nitrogen and oxygen atoms in total. The maximum absolute atomic E-state index is 12.4. The van der Waals surface area contributed by atoms with Crippen molar-refractivity contribution in [2.75, 3.05) is 13.7 Å². The number of likely N-dealkylation sites (tertiary alicyclic amines) is 1. The van der Waals surface area contributed by atoms with E-state index in [9.17, 15) is 9.59 Å². The summed E-state index contributed by atoms with van der Waals surface area (Å²) < 4.78 is 4.75. The van der Waals surface area contributed by atoms with Crippen LogP contribution in [0.5, 0.6) is 0 Å². The SMILES string of the molecule is COC(=O)[C@H]1CCCCN1C(=O)c1cccc(Cl)n1. The second-order valence-corrected chi connectivity index (χ2v) is 4.77. The number of nitrogens with zero attached hydrogens (tertiary/aromatic N) is 2. The van der Waals surface area contributed by atoms with Gasteiger partial charge in [0.15, 0.2) is 0 Å². The van der Waals surface area contributed by atoms with Crippen LogP contribution in [0.15, 0.2) is 18.2 Å². The zero-order chi connectivity index (χ0) is 13.8. The van der Waals surface area contributed by atoms with Gasteiger partial charge in [-0.2, -0.15) is 0 Å². The number of hydrogen-bond acceptors (Lipinski definition) is 4. The molecule has 1 fully saturated rings. The first-order valence-electron chi connectivity index (χ1n) is 6.15. The van der Waals surface area contributed by atoms with Crippen molar-refractivity contribution in [2.24, 2.45) is 0 Å². The number of methoxy groups -OCH3 is 1. The Bertz CT molecular complexity index is 493. The number of halogens is 1. The van der Waals surface area contributed by atoms with E-state index in [-0.39, 0.29) is 22.7 Å². The lowest BCUT2D eigenvalue weighted by Gasteiger charge is -2.33. The molecule has 0 aromatic carbocycles. The molecule has 1 saturated heterocycles. The fraction of sp³-hybridized carbons (Fsp3) is 0.462. The molecule has 1 aromatic rings. The summed E-state index contributed by atoms with van der Waals surface area (Å²) in [5.74, 6) is -0.660. The van der Waals surface area contributed by atoms with Gasteiger partial charge in [0.2, 0.25) is 0 Å². The van der Waals surface area contributed by atoms with Crippen LogP contribution in [0.25, 0.3) is 0 Å². The molecule has 1 amide bonds. The van der Waals surface area contributed by atoms with Gasteiger partial charge < -0.3 is 9.64 Å². The summed E-state index contributed by atoms with van der Waals surface area (Å²) >= 11 is 5.78. The molecule has 1 atom stereocenters. The van der Waals surface area contributed by atoms with Gasteiger partial charge in [-0.3, -0.25) is 4.79 Å². The van der Waals surface area contributed by atoms with Gasteiger partial charge in [-0.25, -0.2) is 9.78 Å². The number of esters is 1. The Balaban J connectivity index is 2.22. The molecule has 1 aliphatic rings. The highest BCUT2D eigenvalue weighted by atomic mass is 35.5. The number of pyridine rings is 1. The Labute approximate surface area is 116 Å². The number of piperidine rings is 1. The molecule has 0 saturated carbocycles. The van der Waals surface area contributed by atoms with E-state index in [4.69, 9.17) is 16.3 Å². The molecule has 0 unspecified atom stereocenters. The number of rotatable bonds is 2. The lowest BCUT2D eigenvalue weighted by molar-refractivity contribution is -0.147. The van der Waals surface area contributed by atoms with E-state index >= 15 is 0 Å². The van der Waals surface area contributed by atoms with Crippen LogP contribution in [-0.4, -0.2) is 41.5 Å². The maximum Gasteiger partial charge on any atom is 0.328 e. The summed E-state index contributed by atoms with van der Waals surface area (Å²) in [5, 5.41) is 0.262. The number of carbonyl (C=O) groups excluding carboxylic acids is 2. The van der Waals surface area contributed by atoms with Crippen LogP contribution in [0.4, 0.5) is 0 Å². The molecule has 0 spiro atoms. The number of aromatic nitrogens is 1. The summed E-state index contributed by atoms with van der Waals surface area (Å²) in [6, 6.07) is 4.34. The van der Waals surface area contributed by atoms with Crippen molar-refractivity contribution in [3.05, 3.63) is 29.0 Å². The standard InChI is InChI=1S/C13H15ClN2O3/c1-19-13(18)10-6-2-3-8-16(10)12(17)9-5-4-7-11(14)15-9/h4-5,7,10H,2-3,6,8H2,1H3/t10-/m1/s1. The number of carbonyl (C=O) groups is 2. The summed E-state index contributed by atoms with van der Waals surface area (Å²) in [6.45, 7) is 0.535. The fourth-order valence-electron chi connectivity index (χ4n) is 2.23. The van der Waals surface area contributed by atoms with Gasteiger partial charge in [0, 0.05) is 6.54 Å². The maximum atomic E-state index is 12.4. The second-order valence-electron chi connectivity index (χ2n) is 4.38. The fourth-order valence-corrected chi connectivity index (χ4v) is 2.39. The highest BCUT2D eigenvalue weighted by Gasteiger charge is 2.33. The Hall–Kier alpha value is -1.62. The van der Waals surface area contributed by atoms with Crippen molar-refractivity contribution in [3.63, 3.8) is 0 Å². The molecule has 2 rings (SSSR count). The summed E-state index contributed by atoms with van der Waals surface area (Å²) in [4.78, 5) is 29.6. The quantitative estimate of drug-likeness (QED) is 0.614. The molecule has 19 heavy (non-hydrogen) atoms. The molecule has 6 heteroatoms. The minimum absolute atomic E-state index is 0.253. The van der Waals surface area contributed by atoms with Crippen LogP contribution in [0, 0.1) is 0 Å². The Morgan fingerprint density at radius 2 is 2.21 bits per heavy atom. The molecular formula is C13H15ClN2O3. The highest BCUT2D eigenvalue weighted by Crippen LogP contribution is 2.20. The molecule has 0 aliphatic carbocycles. The number of ether oxygens (including phenoxy) is 1. The Morgan fingerprint density at radius 1 is 1.42 bits per heavy atom. The van der Waals surface area contributed by atoms with Crippen LogP contribution in [-0.2, 0) is 9.53 Å². The zero-order valence-corrected chi connectivity index (χ0v) is 11.4. The minimum Gasteiger partial charge on any atom is -0.467 e. The van der Waals surface area contributed by atoms with Gasteiger partial charge in [0.1, 0.15) is 16.9 Å². The molecule has 102 valence electrons. The third kappa shape index (κ3) is 3.04. The smallest absolute Gasteiger partial charge is 0.328 e. The summed E-state index contributed by atoms with van der Waals surface area (Å²) in [7, 11) is 1.33. The third-order valence-electron chi connectivity index (χ3n) is 3.17. The Kier molecular flexibility index (Phi) is 4.37. The molecular weight excluding hydrogens is 268 g/mol. The minimum atomic E-state index is -0.521. The monoisotopic (exact) mass is 282 g/mol. The van der Waals surface area contributed by atoms with Gasteiger partial charge in [-0.05, 0) is 31.4 Å². The van der Waals surface area contributed by atoms with Gasteiger partial charge in [0.05, 0.1) is 7.11 Å². The third-order valence-corrected chi connectivity index (χ3v) is 3.38. The van der Waals surface area contributed by atoms with Crippen LogP contribution < -0.4 is 0 Å². The van der Waals surface area contributed by atoms with Gasteiger partial charge in [-0.15, -0.1) is 0 Å². The van der Waals surface area contributed by atoms with E-state index in [1.54, 1.807) is 18.2 Å². The number of hydrogen-bond donors (Lipinski definition) is 0. The lowest BCUT2D eigenvalue weighted by atomic mass is 10.0. The van der Waals surface area contributed by atoms with Gasteiger partial charge in [-0.1, -0.05) is 17.7 Å². The zero-order valence-electron chi connectivity index (χ0n) is 10.6. The van der Waals surface area contributed by atoms with Gasteiger partial charge >= 0.3 is 5.97 Å². The van der Waals surface area contributed by atoms with Crippen molar-refractivity contribution in [1.29, 1.82) is 0 Å². The average molecular weight is 283 g/mol. The van der Waals surface area contributed by atoms with Crippen molar-refractivity contribution in [3.8, 4) is 0 Å². The first kappa shape index (κ1) is 13.8. The van der Waals surface area contributed by atoms with E-state index in [0.717, 1.165) is 12.8 Å². The predicted molar refractivity (Wildman–Crippen MR) is 69.9 cm³/mol. The van der Waals surface area contributed by atoms with Crippen molar-refractivity contribution >= 4 is 23.5 Å². The van der Waals surface area contributed by atoms with Crippen LogP contribution in [0.2, 0.25) is 5.15 Å². The molecule has 0 bridgehead atoms. The second kappa shape index (κ2) is 6.02. The van der Waals surface area contributed by atoms with Crippen LogP contribution in [0.1, 0.15) is 29.8 Å². The predicted octanol–water partition coefficient (Wildman–Crippen LogP) is 1.90. The molecule has 1 aliphatic heterocycles. The van der Waals surface area contributed by atoms with Crippen LogP contribution in [0.3, 0.4) is 0 Å². The van der Waals surface area contributed by atoms with E-state index < -0.39 is 6.04 Å². The van der Waals surface area contributed by atoms with E-state index in [2.05, 4.69) is 4.98 Å². The largest absolute Gasteiger partial charge is 0.467 e. The lowest BCUT2D eigenvalue weighted by Crippen LogP contribution is -2.48. The van der Waals surface area contributed by atoms with Crippen molar-refractivity contribution < 1.29 is 14.3 Å². The molecule has 2 heterocycles. The topological polar surface area (TPSA) is 59.5 Å². The first-order chi connectivity index (χ1) is 9.13. The summed E-state index contributed by atoms with van der Waals surface area (Å²) in [6.07, 6.45) is 2.41. The summed E-state index contributed by atoms with van der Waals surface area (Å²) in [5.41, 5.74) is 0.253. The molecule has 0 N–H and O–H groups in total. The first-order valence-corrected chi connectivity index (χ1v) is 6.52. The van der Waals surface area contributed by atoms with E-state index in [0.29, 0.717) is 13.0 Å². The average Bonchev–Trinajstić information content (AvgIpc) is 2.45. The Morgan fingerprint density at radius 3 is 2.89 bits per heavy atom. The highest BCUT2D eigenvalue weighted by molar-refractivity contribution is 6.29. The van der Waals surface area contributed by atoms with Gasteiger partial charge in [0.25, 0.3) is 5.91 Å². The normalized spacial score (nSPS) is 19.1. The molecule has 1 aromatic heterocycles. The van der Waals surface area contributed by atoms with E-state index in [1.165, 1.54) is 12.0 Å². The van der Waals surface area contributed by atoms with E-state index in [1.807, 2.05) is 0 Å². The van der Waals surface area contributed by atoms with Crippen molar-refractivity contribution in [2.45, 2.75) is 25.3 Å². The van der Waals surface area contributed by atoms with Crippen molar-refractivity contribution in [1.82, 2.24) is 9.88 Å². The number of amides is 1. The molecule has 0 radical (unpaired) electrons. The van der Waals surface area contributed by atoms with Crippen LogP contribution >= 0.6 is 11.6 Å².